The van der Waals surface area contributed by atoms with Crippen LogP contribution in [0.4, 0.5) is 0 Å². The van der Waals surface area contributed by atoms with Gasteiger partial charge in [-0.3, -0.25) is 4.79 Å². The Labute approximate surface area is 151 Å². The molecule has 1 fully saturated rings. The van der Waals surface area contributed by atoms with E-state index in [2.05, 4.69) is 27.3 Å². The van der Waals surface area contributed by atoms with Gasteiger partial charge in [-0.15, -0.1) is 0 Å². The van der Waals surface area contributed by atoms with Crippen molar-refractivity contribution in [1.82, 2.24) is 24.8 Å². The van der Waals surface area contributed by atoms with Crippen molar-refractivity contribution in [2.24, 2.45) is 0 Å². The summed E-state index contributed by atoms with van der Waals surface area (Å²) in [7, 11) is 2.08. The Kier molecular flexibility index (Phi) is 4.30. The molecule has 7 heteroatoms. The third-order valence-electron chi connectivity index (χ3n) is 4.88. The number of piperidine rings is 1. The van der Waals surface area contributed by atoms with Gasteiger partial charge >= 0.3 is 0 Å². The zero-order chi connectivity index (χ0) is 18.1. The van der Waals surface area contributed by atoms with Crippen LogP contribution >= 0.6 is 0 Å². The molecule has 4 rings (SSSR count). The third kappa shape index (κ3) is 3.01. The van der Waals surface area contributed by atoms with Crippen molar-refractivity contribution in [3.63, 3.8) is 0 Å². The van der Waals surface area contributed by atoms with Crippen molar-refractivity contribution in [3.05, 3.63) is 48.3 Å². The summed E-state index contributed by atoms with van der Waals surface area (Å²) >= 11 is 0. The van der Waals surface area contributed by atoms with E-state index >= 15 is 0 Å². The molecular formula is C19H21N5O2. The predicted octanol–water partition coefficient (Wildman–Crippen LogP) is 1.93. The van der Waals surface area contributed by atoms with E-state index in [1.54, 1.807) is 6.20 Å². The molecule has 26 heavy (non-hydrogen) atoms. The van der Waals surface area contributed by atoms with Crippen molar-refractivity contribution >= 4 is 11.6 Å². The number of carbonyl (C=O) groups is 1. The summed E-state index contributed by atoms with van der Waals surface area (Å²) in [5.41, 5.74) is 2.14. The number of benzene rings is 1. The first kappa shape index (κ1) is 16.5. The maximum absolute atomic E-state index is 12.6. The number of amides is 1. The highest BCUT2D eigenvalue weighted by molar-refractivity contribution is 6.00. The molecule has 1 aromatic carbocycles. The molecule has 1 amide bonds. The van der Waals surface area contributed by atoms with Gasteiger partial charge < -0.3 is 15.3 Å². The summed E-state index contributed by atoms with van der Waals surface area (Å²) in [4.78, 5) is 19.3. The van der Waals surface area contributed by atoms with E-state index in [-0.39, 0.29) is 17.8 Å². The minimum atomic E-state index is -0.200. The first-order valence-corrected chi connectivity index (χ1v) is 8.74. The molecule has 0 radical (unpaired) electrons. The minimum absolute atomic E-state index is 0.0282. The van der Waals surface area contributed by atoms with Crippen LogP contribution in [0.5, 0.6) is 5.88 Å². The van der Waals surface area contributed by atoms with Crippen LogP contribution in [0.15, 0.2) is 42.7 Å². The molecule has 2 N–H and O–H groups in total. The summed E-state index contributed by atoms with van der Waals surface area (Å²) in [6.07, 6.45) is 4.89. The van der Waals surface area contributed by atoms with E-state index in [4.69, 9.17) is 0 Å². The maximum Gasteiger partial charge on any atom is 0.256 e. The summed E-state index contributed by atoms with van der Waals surface area (Å²) in [6.45, 7) is 1.94. The van der Waals surface area contributed by atoms with Crippen LogP contribution in [-0.4, -0.2) is 56.7 Å². The van der Waals surface area contributed by atoms with Crippen molar-refractivity contribution in [2.45, 2.75) is 18.9 Å². The molecular weight excluding hydrogens is 330 g/mol. The van der Waals surface area contributed by atoms with Crippen LogP contribution in [0, 0.1) is 0 Å². The van der Waals surface area contributed by atoms with Gasteiger partial charge in [-0.05, 0) is 38.5 Å². The molecule has 0 saturated carbocycles. The molecule has 1 aliphatic heterocycles. The number of likely N-dealkylation sites (tertiary alicyclic amines) is 1. The average molecular weight is 351 g/mol. The van der Waals surface area contributed by atoms with E-state index < -0.39 is 0 Å². The smallest absolute Gasteiger partial charge is 0.256 e. The van der Waals surface area contributed by atoms with Crippen LogP contribution in [0.3, 0.4) is 0 Å². The fraction of sp³-hybridized carbons (Fsp3) is 0.316. The molecule has 3 heterocycles. The van der Waals surface area contributed by atoms with Crippen LogP contribution in [0.1, 0.15) is 23.2 Å². The van der Waals surface area contributed by atoms with Gasteiger partial charge in [0.2, 0.25) is 5.88 Å². The first-order chi connectivity index (χ1) is 12.6. The van der Waals surface area contributed by atoms with Gasteiger partial charge in [0.15, 0.2) is 5.65 Å². The summed E-state index contributed by atoms with van der Waals surface area (Å²) in [5, 5.41) is 17.8. The lowest BCUT2D eigenvalue weighted by Gasteiger charge is -2.29. The van der Waals surface area contributed by atoms with Gasteiger partial charge in [-0.2, -0.15) is 9.61 Å². The number of nitrogens with zero attached hydrogens (tertiary/aromatic N) is 4. The largest absolute Gasteiger partial charge is 0.493 e. The van der Waals surface area contributed by atoms with E-state index in [1.807, 2.05) is 30.3 Å². The topological polar surface area (TPSA) is 82.8 Å². The van der Waals surface area contributed by atoms with Gasteiger partial charge in [0.05, 0.1) is 11.8 Å². The van der Waals surface area contributed by atoms with Gasteiger partial charge in [-0.25, -0.2) is 4.98 Å². The molecule has 2 aromatic heterocycles. The number of rotatable bonds is 3. The van der Waals surface area contributed by atoms with Gasteiger partial charge in [-0.1, -0.05) is 30.3 Å². The average Bonchev–Trinajstić information content (AvgIpc) is 3.10. The summed E-state index contributed by atoms with van der Waals surface area (Å²) in [6, 6.07) is 9.63. The lowest BCUT2D eigenvalue weighted by atomic mass is 10.1. The van der Waals surface area contributed by atoms with Crippen molar-refractivity contribution in [3.8, 4) is 17.0 Å². The highest BCUT2D eigenvalue weighted by Gasteiger charge is 2.22. The lowest BCUT2D eigenvalue weighted by Crippen LogP contribution is -2.43. The number of carbonyl (C=O) groups excluding carboxylic acids is 1. The monoisotopic (exact) mass is 351 g/mol. The van der Waals surface area contributed by atoms with E-state index in [0.717, 1.165) is 31.5 Å². The Morgan fingerprint density at radius 1 is 1.19 bits per heavy atom. The molecule has 0 unspecified atom stereocenters. The SMILES string of the molecule is CN1CCC(NC(=O)c2cnn3c(O)c(-c4ccccc4)cnc23)CC1. The molecule has 0 aliphatic carbocycles. The first-order valence-electron chi connectivity index (χ1n) is 8.74. The number of aromatic nitrogens is 3. The number of aromatic hydroxyl groups is 1. The predicted molar refractivity (Wildman–Crippen MR) is 98.1 cm³/mol. The van der Waals surface area contributed by atoms with E-state index in [9.17, 15) is 9.90 Å². The molecule has 0 atom stereocenters. The fourth-order valence-electron chi connectivity index (χ4n) is 3.32. The Balaban J connectivity index is 1.61. The second-order valence-corrected chi connectivity index (χ2v) is 6.71. The number of fused-ring (bicyclic) bond motifs is 1. The second-order valence-electron chi connectivity index (χ2n) is 6.71. The Morgan fingerprint density at radius 2 is 1.92 bits per heavy atom. The maximum atomic E-state index is 12.6. The zero-order valence-corrected chi connectivity index (χ0v) is 14.6. The Bertz CT molecular complexity index is 930. The summed E-state index contributed by atoms with van der Waals surface area (Å²) < 4.78 is 1.31. The van der Waals surface area contributed by atoms with Crippen molar-refractivity contribution < 1.29 is 9.90 Å². The molecule has 0 bridgehead atoms. The van der Waals surface area contributed by atoms with Crippen molar-refractivity contribution in [2.75, 3.05) is 20.1 Å². The minimum Gasteiger partial charge on any atom is -0.493 e. The number of hydrogen-bond donors (Lipinski definition) is 2. The second kappa shape index (κ2) is 6.76. The highest BCUT2D eigenvalue weighted by Crippen LogP contribution is 2.29. The van der Waals surface area contributed by atoms with E-state index in [0.29, 0.717) is 16.8 Å². The quantitative estimate of drug-likeness (QED) is 0.753. The highest BCUT2D eigenvalue weighted by atomic mass is 16.3. The van der Waals surface area contributed by atoms with Gasteiger partial charge in [0.1, 0.15) is 5.56 Å². The molecule has 3 aromatic rings. The standard InChI is InChI=1S/C19H21N5O2/c1-23-9-7-14(8-10-23)22-18(25)16-12-21-24-17(16)20-11-15(19(24)26)13-5-3-2-4-6-13/h2-6,11-12,14,26H,7-10H2,1H3,(H,22,25). The van der Waals surface area contributed by atoms with Crippen molar-refractivity contribution in [1.29, 1.82) is 0 Å². The van der Waals surface area contributed by atoms with Crippen LogP contribution in [0.25, 0.3) is 16.8 Å². The van der Waals surface area contributed by atoms with Crippen LogP contribution in [-0.2, 0) is 0 Å². The molecule has 134 valence electrons. The fourth-order valence-corrected chi connectivity index (χ4v) is 3.32. The lowest BCUT2D eigenvalue weighted by molar-refractivity contribution is 0.0918. The Hall–Kier alpha value is -2.93. The summed E-state index contributed by atoms with van der Waals surface area (Å²) in [5.74, 6) is -0.228. The molecule has 1 saturated heterocycles. The number of nitrogens with one attached hydrogen (secondary N) is 1. The Morgan fingerprint density at radius 3 is 2.65 bits per heavy atom. The van der Waals surface area contributed by atoms with Crippen LogP contribution < -0.4 is 5.32 Å². The number of hydrogen-bond acceptors (Lipinski definition) is 5. The molecule has 7 nitrogen and oxygen atoms in total. The van der Waals surface area contributed by atoms with Gasteiger partial charge in [0, 0.05) is 12.2 Å². The normalized spacial score (nSPS) is 16.0. The molecule has 0 spiro atoms. The third-order valence-corrected chi connectivity index (χ3v) is 4.88. The van der Waals surface area contributed by atoms with Gasteiger partial charge in [0.25, 0.3) is 5.91 Å². The molecule has 1 aliphatic rings. The zero-order valence-electron chi connectivity index (χ0n) is 14.6. The van der Waals surface area contributed by atoms with Crippen LogP contribution in [0.2, 0.25) is 0 Å². The van der Waals surface area contributed by atoms with E-state index in [1.165, 1.54) is 10.7 Å².